The van der Waals surface area contributed by atoms with Gasteiger partial charge in [-0.15, -0.1) is 0 Å². The summed E-state index contributed by atoms with van der Waals surface area (Å²) in [6.45, 7) is 3.22. The number of carbonyl (C=O) groups excluding carboxylic acids is 1. The van der Waals surface area contributed by atoms with Gasteiger partial charge in [0, 0.05) is 26.2 Å². The molecule has 11 heteroatoms. The maximum atomic E-state index is 12.7. The Bertz CT molecular complexity index is 1060. The van der Waals surface area contributed by atoms with Crippen LogP contribution in [0.3, 0.4) is 0 Å². The molecule has 3 rings (SSSR count). The minimum atomic E-state index is -4.41. The Morgan fingerprint density at radius 1 is 1.03 bits per heavy atom. The molecule has 1 aliphatic heterocycles. The standard InChI is InChI=1S/C21H23F3N4O3S/c1-16-2-8-19(9-3-16)32(30,31)28-12-10-27(11-13-28)15-20(29)26-25-14-17-4-6-18(7-5-17)21(22,23)24/h2-9,14H,10-13,15H2,1H3,(H,26,29)/b25-14+. The van der Waals surface area contributed by atoms with Crippen molar-refractivity contribution in [2.75, 3.05) is 32.7 Å². The average molecular weight is 469 g/mol. The highest BCUT2D eigenvalue weighted by Crippen LogP contribution is 2.28. The second-order valence-electron chi connectivity index (χ2n) is 7.41. The third kappa shape index (κ3) is 6.15. The highest BCUT2D eigenvalue weighted by molar-refractivity contribution is 7.89. The maximum Gasteiger partial charge on any atom is 0.416 e. The lowest BCUT2D eigenvalue weighted by atomic mass is 10.1. The van der Waals surface area contributed by atoms with Crippen LogP contribution in [0.15, 0.2) is 58.5 Å². The van der Waals surface area contributed by atoms with Gasteiger partial charge in [-0.2, -0.15) is 22.6 Å². The summed E-state index contributed by atoms with van der Waals surface area (Å²) in [5.41, 5.74) is 2.95. The molecule has 0 aliphatic carbocycles. The summed E-state index contributed by atoms with van der Waals surface area (Å²) in [6, 6.07) is 11.1. The third-order valence-corrected chi connectivity index (χ3v) is 6.91. The number of hydrogen-bond acceptors (Lipinski definition) is 5. The van der Waals surface area contributed by atoms with Crippen molar-refractivity contribution in [3.63, 3.8) is 0 Å². The summed E-state index contributed by atoms with van der Waals surface area (Å²) in [5.74, 6) is -0.400. The van der Waals surface area contributed by atoms with Crippen LogP contribution in [0.2, 0.25) is 0 Å². The minimum absolute atomic E-state index is 0.0305. The molecular formula is C21H23F3N4O3S. The second-order valence-corrected chi connectivity index (χ2v) is 9.34. The van der Waals surface area contributed by atoms with Crippen LogP contribution in [0.25, 0.3) is 0 Å². The zero-order valence-corrected chi connectivity index (χ0v) is 18.2. The lowest BCUT2D eigenvalue weighted by Gasteiger charge is -2.33. The fraction of sp³-hybridized carbons (Fsp3) is 0.333. The molecule has 172 valence electrons. The lowest BCUT2D eigenvalue weighted by Crippen LogP contribution is -2.50. The van der Waals surface area contributed by atoms with Gasteiger partial charge in [0.25, 0.3) is 5.91 Å². The zero-order chi connectivity index (χ0) is 23.4. The summed E-state index contributed by atoms with van der Waals surface area (Å²) in [7, 11) is -3.58. The van der Waals surface area contributed by atoms with Gasteiger partial charge in [0.2, 0.25) is 10.0 Å². The maximum absolute atomic E-state index is 12.7. The topological polar surface area (TPSA) is 82.1 Å². The van der Waals surface area contributed by atoms with E-state index in [1.165, 1.54) is 22.7 Å². The number of amides is 1. The monoisotopic (exact) mass is 468 g/mol. The van der Waals surface area contributed by atoms with Crippen molar-refractivity contribution in [2.24, 2.45) is 5.10 Å². The number of nitrogens with one attached hydrogen (secondary N) is 1. The molecule has 1 N–H and O–H groups in total. The Labute approximate surface area is 184 Å². The zero-order valence-electron chi connectivity index (χ0n) is 17.3. The summed E-state index contributed by atoms with van der Waals surface area (Å²) in [5, 5.41) is 3.76. The molecule has 0 atom stereocenters. The molecule has 0 aromatic heterocycles. The molecule has 2 aromatic carbocycles. The molecular weight excluding hydrogens is 445 g/mol. The Balaban J connectivity index is 1.46. The number of rotatable bonds is 6. The normalized spacial score (nSPS) is 16.4. The molecule has 1 amide bonds. The van der Waals surface area contributed by atoms with Gasteiger partial charge in [-0.3, -0.25) is 9.69 Å². The Morgan fingerprint density at radius 3 is 2.19 bits per heavy atom. The highest BCUT2D eigenvalue weighted by Gasteiger charge is 2.30. The minimum Gasteiger partial charge on any atom is -0.292 e. The van der Waals surface area contributed by atoms with Gasteiger partial charge in [0.15, 0.2) is 0 Å². The number of piperazine rings is 1. The van der Waals surface area contributed by atoms with Crippen LogP contribution >= 0.6 is 0 Å². The Kier molecular flexibility index (Phi) is 7.32. The van der Waals surface area contributed by atoms with Crippen LogP contribution < -0.4 is 5.43 Å². The first-order valence-electron chi connectivity index (χ1n) is 9.84. The molecule has 0 unspecified atom stereocenters. The summed E-state index contributed by atoms with van der Waals surface area (Å²) in [6.07, 6.45) is -3.16. The van der Waals surface area contributed by atoms with Gasteiger partial charge in [-0.05, 0) is 36.8 Å². The van der Waals surface area contributed by atoms with Gasteiger partial charge in [-0.25, -0.2) is 13.8 Å². The lowest BCUT2D eigenvalue weighted by molar-refractivity contribution is -0.137. The van der Waals surface area contributed by atoms with Crippen molar-refractivity contribution in [3.8, 4) is 0 Å². The first-order chi connectivity index (χ1) is 15.1. The molecule has 1 aliphatic rings. The number of halogens is 3. The van der Waals surface area contributed by atoms with E-state index in [9.17, 15) is 26.4 Å². The molecule has 1 heterocycles. The molecule has 0 spiro atoms. The quantitative estimate of drug-likeness (QED) is 0.522. The van der Waals surface area contributed by atoms with Crippen LogP contribution in [0.1, 0.15) is 16.7 Å². The third-order valence-electron chi connectivity index (χ3n) is 5.00. The first kappa shape index (κ1) is 23.9. The smallest absolute Gasteiger partial charge is 0.292 e. The van der Waals surface area contributed by atoms with Gasteiger partial charge in [-0.1, -0.05) is 29.8 Å². The fourth-order valence-electron chi connectivity index (χ4n) is 3.16. The number of alkyl halides is 3. The number of aryl methyl sites for hydroxylation is 1. The van der Waals surface area contributed by atoms with E-state index in [1.807, 2.05) is 11.8 Å². The van der Waals surface area contributed by atoms with Crippen LogP contribution in [0, 0.1) is 6.92 Å². The summed E-state index contributed by atoms with van der Waals surface area (Å²) < 4.78 is 64.5. The van der Waals surface area contributed by atoms with E-state index in [1.54, 1.807) is 24.3 Å². The first-order valence-corrected chi connectivity index (χ1v) is 11.3. The number of hydrazone groups is 1. The number of hydrogen-bond donors (Lipinski definition) is 1. The molecule has 32 heavy (non-hydrogen) atoms. The Morgan fingerprint density at radius 2 is 1.62 bits per heavy atom. The molecule has 1 fully saturated rings. The van der Waals surface area contributed by atoms with Crippen LogP contribution in [-0.4, -0.2) is 62.5 Å². The second kappa shape index (κ2) is 9.80. The largest absolute Gasteiger partial charge is 0.416 e. The fourth-order valence-corrected chi connectivity index (χ4v) is 4.58. The van der Waals surface area contributed by atoms with Crippen molar-refractivity contribution in [1.82, 2.24) is 14.6 Å². The SMILES string of the molecule is Cc1ccc(S(=O)(=O)N2CCN(CC(=O)N/N=C/c3ccc(C(F)(F)F)cc3)CC2)cc1. The number of carbonyl (C=O) groups is 1. The predicted octanol–water partition coefficient (Wildman–Crippen LogP) is 2.47. The average Bonchev–Trinajstić information content (AvgIpc) is 2.74. The van der Waals surface area contributed by atoms with Crippen molar-refractivity contribution in [1.29, 1.82) is 0 Å². The number of benzene rings is 2. The van der Waals surface area contributed by atoms with Gasteiger partial charge < -0.3 is 0 Å². The Hall–Kier alpha value is -2.76. The van der Waals surface area contributed by atoms with E-state index in [4.69, 9.17) is 0 Å². The molecule has 2 aromatic rings. The van der Waals surface area contributed by atoms with Gasteiger partial charge in [0.05, 0.1) is 23.2 Å². The number of nitrogens with zero attached hydrogens (tertiary/aromatic N) is 3. The van der Waals surface area contributed by atoms with Crippen LogP contribution in [0.4, 0.5) is 13.2 Å². The van der Waals surface area contributed by atoms with Crippen LogP contribution in [-0.2, 0) is 21.0 Å². The van der Waals surface area contributed by atoms with E-state index < -0.39 is 27.7 Å². The van der Waals surface area contributed by atoms with Crippen molar-refractivity contribution < 1.29 is 26.4 Å². The summed E-state index contributed by atoms with van der Waals surface area (Å²) >= 11 is 0. The summed E-state index contributed by atoms with van der Waals surface area (Å²) in [4.78, 5) is 14.1. The molecule has 0 radical (unpaired) electrons. The van der Waals surface area contributed by atoms with Crippen molar-refractivity contribution in [3.05, 3.63) is 65.2 Å². The van der Waals surface area contributed by atoms with Crippen molar-refractivity contribution >= 4 is 22.1 Å². The van der Waals surface area contributed by atoms with E-state index >= 15 is 0 Å². The molecule has 7 nitrogen and oxygen atoms in total. The van der Waals surface area contributed by atoms with E-state index in [2.05, 4.69) is 10.5 Å². The van der Waals surface area contributed by atoms with Gasteiger partial charge >= 0.3 is 6.18 Å². The van der Waals surface area contributed by atoms with E-state index in [-0.39, 0.29) is 24.5 Å². The van der Waals surface area contributed by atoms with Crippen molar-refractivity contribution in [2.45, 2.75) is 18.0 Å². The predicted molar refractivity (Wildman–Crippen MR) is 114 cm³/mol. The molecule has 0 bridgehead atoms. The molecule has 1 saturated heterocycles. The molecule has 0 saturated carbocycles. The number of sulfonamides is 1. The highest BCUT2D eigenvalue weighted by atomic mass is 32.2. The van der Waals surface area contributed by atoms with Crippen LogP contribution in [0.5, 0.6) is 0 Å². The van der Waals surface area contributed by atoms with E-state index in [0.717, 1.165) is 17.7 Å². The van der Waals surface area contributed by atoms with E-state index in [0.29, 0.717) is 18.7 Å². The van der Waals surface area contributed by atoms with Gasteiger partial charge in [0.1, 0.15) is 0 Å².